The second-order valence-electron chi connectivity index (χ2n) is 5.29. The summed E-state index contributed by atoms with van der Waals surface area (Å²) in [5.74, 6) is -1.22. The summed E-state index contributed by atoms with van der Waals surface area (Å²) >= 11 is 0. The Morgan fingerprint density at radius 1 is 1.04 bits per heavy atom. The van der Waals surface area contributed by atoms with Crippen LogP contribution in [0.3, 0.4) is 0 Å². The van der Waals surface area contributed by atoms with Crippen molar-refractivity contribution in [1.29, 1.82) is 0 Å². The molecule has 0 unspecified atom stereocenters. The molecule has 0 saturated carbocycles. The van der Waals surface area contributed by atoms with Crippen molar-refractivity contribution in [2.75, 3.05) is 19.0 Å². The van der Waals surface area contributed by atoms with Crippen LogP contribution in [0.5, 0.6) is 5.75 Å². The molecular weight excluding hydrogens is 324 g/mol. The number of anilines is 1. The molecule has 0 spiro atoms. The molecule has 0 aliphatic heterocycles. The molecule has 0 aliphatic rings. The Bertz CT molecular complexity index is 800. The number of hydrogen-bond donors (Lipinski definition) is 3. The van der Waals surface area contributed by atoms with Crippen LogP contribution >= 0.6 is 0 Å². The number of benzene rings is 2. The van der Waals surface area contributed by atoms with E-state index in [9.17, 15) is 14.4 Å². The zero-order valence-corrected chi connectivity index (χ0v) is 13.8. The van der Waals surface area contributed by atoms with Crippen molar-refractivity contribution in [3.8, 4) is 5.75 Å². The Hall–Kier alpha value is -3.35. The summed E-state index contributed by atoms with van der Waals surface area (Å²) in [5, 5.41) is 13.6. The summed E-state index contributed by atoms with van der Waals surface area (Å²) in [7, 11) is 1.56. The highest BCUT2D eigenvalue weighted by molar-refractivity contribution is 6.05. The monoisotopic (exact) mass is 342 g/mol. The molecule has 2 amide bonds. The average molecular weight is 342 g/mol. The molecule has 0 radical (unpaired) electrons. The van der Waals surface area contributed by atoms with Crippen molar-refractivity contribution in [2.24, 2.45) is 0 Å². The fourth-order valence-corrected chi connectivity index (χ4v) is 2.18. The van der Waals surface area contributed by atoms with E-state index in [4.69, 9.17) is 9.84 Å². The van der Waals surface area contributed by atoms with Gasteiger partial charge in [0.25, 0.3) is 11.8 Å². The summed E-state index contributed by atoms with van der Waals surface area (Å²) in [6.45, 7) is 1.36. The highest BCUT2D eigenvalue weighted by atomic mass is 16.5. The molecule has 0 heterocycles. The molecule has 7 nitrogen and oxygen atoms in total. The number of carboxylic acid groups (broad SMARTS) is 1. The van der Waals surface area contributed by atoms with Crippen LogP contribution in [0.15, 0.2) is 42.5 Å². The van der Waals surface area contributed by atoms with E-state index in [1.54, 1.807) is 37.4 Å². The quantitative estimate of drug-likeness (QED) is 0.745. The van der Waals surface area contributed by atoms with E-state index in [0.29, 0.717) is 22.6 Å². The van der Waals surface area contributed by atoms with Gasteiger partial charge in [0.05, 0.1) is 7.11 Å². The van der Waals surface area contributed by atoms with Crippen molar-refractivity contribution in [2.45, 2.75) is 6.92 Å². The van der Waals surface area contributed by atoms with Gasteiger partial charge in [-0.3, -0.25) is 14.4 Å². The Balaban J connectivity index is 2.04. The third-order valence-corrected chi connectivity index (χ3v) is 3.48. The van der Waals surface area contributed by atoms with E-state index >= 15 is 0 Å². The van der Waals surface area contributed by atoms with Gasteiger partial charge in [0.2, 0.25) is 0 Å². The maximum absolute atomic E-state index is 12.3. The lowest BCUT2D eigenvalue weighted by atomic mass is 10.1. The van der Waals surface area contributed by atoms with E-state index in [2.05, 4.69) is 10.6 Å². The lowest BCUT2D eigenvalue weighted by Crippen LogP contribution is -2.29. The van der Waals surface area contributed by atoms with Gasteiger partial charge < -0.3 is 20.5 Å². The van der Waals surface area contributed by atoms with Gasteiger partial charge in [-0.25, -0.2) is 0 Å². The predicted octanol–water partition coefficient (Wildman–Crippen LogP) is 2.07. The number of methoxy groups -OCH3 is 1. The van der Waals surface area contributed by atoms with Crippen LogP contribution in [0.2, 0.25) is 0 Å². The van der Waals surface area contributed by atoms with Crippen LogP contribution in [0.4, 0.5) is 5.69 Å². The van der Waals surface area contributed by atoms with E-state index in [0.717, 1.165) is 5.56 Å². The first-order valence-corrected chi connectivity index (χ1v) is 7.46. The second-order valence-corrected chi connectivity index (χ2v) is 5.29. The molecule has 0 bridgehead atoms. The first-order chi connectivity index (χ1) is 11.9. The minimum absolute atomic E-state index is 0.275. The summed E-state index contributed by atoms with van der Waals surface area (Å²) in [6.07, 6.45) is 0. The predicted molar refractivity (Wildman–Crippen MR) is 92.1 cm³/mol. The van der Waals surface area contributed by atoms with Gasteiger partial charge in [-0.05, 0) is 55.0 Å². The van der Waals surface area contributed by atoms with E-state index < -0.39 is 18.4 Å². The third-order valence-electron chi connectivity index (χ3n) is 3.48. The lowest BCUT2D eigenvalue weighted by Gasteiger charge is -2.10. The third kappa shape index (κ3) is 4.81. The average Bonchev–Trinajstić information content (AvgIpc) is 2.59. The van der Waals surface area contributed by atoms with Gasteiger partial charge in [-0.2, -0.15) is 0 Å². The van der Waals surface area contributed by atoms with Crippen molar-refractivity contribution >= 4 is 23.5 Å². The molecule has 130 valence electrons. The number of hydrogen-bond acceptors (Lipinski definition) is 4. The number of aryl methyl sites for hydroxylation is 1. The number of carboxylic acids is 1. The van der Waals surface area contributed by atoms with Crippen molar-refractivity contribution in [3.63, 3.8) is 0 Å². The minimum Gasteiger partial charge on any atom is -0.497 e. The molecule has 0 aromatic heterocycles. The number of carbonyl (C=O) groups is 3. The molecule has 3 N–H and O–H groups in total. The Kier molecular flexibility index (Phi) is 5.73. The summed E-state index contributed by atoms with van der Waals surface area (Å²) < 4.78 is 5.11. The van der Waals surface area contributed by atoms with Crippen molar-refractivity contribution in [1.82, 2.24) is 5.32 Å². The zero-order valence-electron chi connectivity index (χ0n) is 13.8. The SMILES string of the molecule is COc1ccc(C(=O)Nc2ccc(C(=O)NCC(=O)O)cc2)c(C)c1. The molecule has 25 heavy (non-hydrogen) atoms. The number of aliphatic carboxylic acids is 1. The van der Waals surface area contributed by atoms with Gasteiger partial charge in [0, 0.05) is 16.8 Å². The first-order valence-electron chi connectivity index (χ1n) is 7.46. The fourth-order valence-electron chi connectivity index (χ4n) is 2.18. The van der Waals surface area contributed by atoms with Gasteiger partial charge in [-0.1, -0.05) is 0 Å². The maximum atomic E-state index is 12.3. The second kappa shape index (κ2) is 7.96. The van der Waals surface area contributed by atoms with E-state index in [-0.39, 0.29) is 5.91 Å². The first kappa shape index (κ1) is 18.0. The molecule has 2 rings (SSSR count). The molecule has 2 aromatic carbocycles. The molecular formula is C18H18N2O5. The van der Waals surface area contributed by atoms with Gasteiger partial charge in [0.15, 0.2) is 0 Å². The molecule has 7 heteroatoms. The maximum Gasteiger partial charge on any atom is 0.322 e. The summed E-state index contributed by atoms with van der Waals surface area (Å²) in [6, 6.07) is 11.3. The highest BCUT2D eigenvalue weighted by Crippen LogP contribution is 2.18. The van der Waals surface area contributed by atoms with Crippen LogP contribution in [0.25, 0.3) is 0 Å². The van der Waals surface area contributed by atoms with Crippen molar-refractivity contribution < 1.29 is 24.2 Å². The zero-order chi connectivity index (χ0) is 18.4. The van der Waals surface area contributed by atoms with Crippen LogP contribution in [-0.4, -0.2) is 36.5 Å². The Morgan fingerprint density at radius 3 is 2.28 bits per heavy atom. The molecule has 0 saturated heterocycles. The highest BCUT2D eigenvalue weighted by Gasteiger charge is 2.11. The minimum atomic E-state index is -1.12. The number of carbonyl (C=O) groups excluding carboxylic acids is 2. The Labute approximate surface area is 144 Å². The van der Waals surface area contributed by atoms with E-state index in [1.165, 1.54) is 12.1 Å². The topological polar surface area (TPSA) is 105 Å². The number of rotatable bonds is 6. The lowest BCUT2D eigenvalue weighted by molar-refractivity contribution is -0.135. The standard InChI is InChI=1S/C18H18N2O5/c1-11-9-14(25-2)7-8-15(11)18(24)20-13-5-3-12(4-6-13)17(23)19-10-16(21)22/h3-9H,10H2,1-2H3,(H,19,23)(H,20,24)(H,21,22). The van der Waals surface area contributed by atoms with Crippen molar-refractivity contribution in [3.05, 3.63) is 59.2 Å². The van der Waals surface area contributed by atoms with Crippen LogP contribution in [0.1, 0.15) is 26.3 Å². The van der Waals surface area contributed by atoms with Crippen LogP contribution in [0, 0.1) is 6.92 Å². The number of ether oxygens (including phenoxy) is 1. The van der Waals surface area contributed by atoms with Gasteiger partial charge in [0.1, 0.15) is 12.3 Å². The largest absolute Gasteiger partial charge is 0.497 e. The Morgan fingerprint density at radius 2 is 1.72 bits per heavy atom. The molecule has 0 atom stereocenters. The summed E-state index contributed by atoms with van der Waals surface area (Å²) in [5.41, 5.74) is 2.13. The number of amides is 2. The normalized spacial score (nSPS) is 10.0. The van der Waals surface area contributed by atoms with Gasteiger partial charge in [-0.15, -0.1) is 0 Å². The fraction of sp³-hybridized carbons (Fsp3) is 0.167. The van der Waals surface area contributed by atoms with Gasteiger partial charge >= 0.3 is 5.97 Å². The van der Waals surface area contributed by atoms with Crippen LogP contribution in [-0.2, 0) is 4.79 Å². The molecule has 0 fully saturated rings. The molecule has 0 aliphatic carbocycles. The summed E-state index contributed by atoms with van der Waals surface area (Å²) in [4.78, 5) is 34.5. The number of nitrogens with one attached hydrogen (secondary N) is 2. The smallest absolute Gasteiger partial charge is 0.322 e. The van der Waals surface area contributed by atoms with Crippen LogP contribution < -0.4 is 15.4 Å². The van der Waals surface area contributed by atoms with E-state index in [1.807, 2.05) is 6.92 Å². The molecule has 2 aromatic rings.